The Balaban J connectivity index is 1.51. The maximum atomic E-state index is 2.70. The molecule has 0 saturated heterocycles. The van der Waals surface area contributed by atoms with Crippen molar-refractivity contribution in [1.29, 1.82) is 0 Å². The fourth-order valence-electron chi connectivity index (χ4n) is 10.9. The van der Waals surface area contributed by atoms with Crippen molar-refractivity contribution in [1.82, 2.24) is 0 Å². The Morgan fingerprint density at radius 1 is 0.676 bits per heavy atom. The van der Waals surface area contributed by atoms with Crippen molar-refractivity contribution in [2.45, 2.75) is 133 Å². The van der Waals surface area contributed by atoms with Crippen molar-refractivity contribution in [3.63, 3.8) is 0 Å². The topological polar surface area (TPSA) is 0 Å². The molecular formula is C34H62. The van der Waals surface area contributed by atoms with Crippen molar-refractivity contribution in [3.05, 3.63) is 0 Å². The Morgan fingerprint density at radius 2 is 1.29 bits per heavy atom. The highest BCUT2D eigenvalue weighted by Gasteiger charge is 2.48. The van der Waals surface area contributed by atoms with Gasteiger partial charge in [0, 0.05) is 0 Å². The number of fused-ring (bicyclic) bond motifs is 2. The summed E-state index contributed by atoms with van der Waals surface area (Å²) in [6.45, 7) is 23.6. The summed E-state index contributed by atoms with van der Waals surface area (Å²) in [5.41, 5.74) is 0.500. The molecule has 0 aliphatic heterocycles. The van der Waals surface area contributed by atoms with Crippen LogP contribution < -0.4 is 0 Å². The summed E-state index contributed by atoms with van der Waals surface area (Å²) in [5.74, 6) is 12.3. The monoisotopic (exact) mass is 470 g/mol. The summed E-state index contributed by atoms with van der Waals surface area (Å²) in [7, 11) is 0. The van der Waals surface area contributed by atoms with Crippen LogP contribution in [0.3, 0.4) is 0 Å². The minimum atomic E-state index is 0.500. The molecule has 4 aliphatic carbocycles. The quantitative estimate of drug-likeness (QED) is 0.384. The normalized spacial score (nSPS) is 48.7. The van der Waals surface area contributed by atoms with Crippen LogP contribution in [0.25, 0.3) is 0 Å². The van der Waals surface area contributed by atoms with E-state index in [-0.39, 0.29) is 0 Å². The molecule has 4 saturated carbocycles. The number of hydrogen-bond acceptors (Lipinski definition) is 0. The van der Waals surface area contributed by atoms with E-state index in [1.54, 1.807) is 25.7 Å². The SMILES string of the molecule is CC(C)C1C(C)C(C)C2CC(C)(C)CCC(C(C)C3CC4CCCCC4C3)C(C)CCC2C1C. The van der Waals surface area contributed by atoms with Gasteiger partial charge >= 0.3 is 0 Å². The van der Waals surface area contributed by atoms with Gasteiger partial charge in [-0.3, -0.25) is 0 Å². The molecule has 11 unspecified atom stereocenters. The molecule has 0 bridgehead atoms. The van der Waals surface area contributed by atoms with Gasteiger partial charge in [-0.2, -0.15) is 0 Å². The van der Waals surface area contributed by atoms with Gasteiger partial charge in [-0.1, -0.05) is 94.4 Å². The first-order valence-corrected chi connectivity index (χ1v) is 16.0. The van der Waals surface area contributed by atoms with Crippen LogP contribution in [-0.2, 0) is 0 Å². The lowest BCUT2D eigenvalue weighted by molar-refractivity contribution is -0.0482. The van der Waals surface area contributed by atoms with Crippen LogP contribution in [0.4, 0.5) is 0 Å². The molecule has 0 amide bonds. The smallest absolute Gasteiger partial charge is 0.0334 e. The zero-order valence-corrected chi connectivity index (χ0v) is 24.8. The summed E-state index contributed by atoms with van der Waals surface area (Å²) in [6, 6.07) is 0. The third-order valence-electron chi connectivity index (χ3n) is 13.0. The van der Waals surface area contributed by atoms with Crippen LogP contribution in [0.1, 0.15) is 133 Å². The van der Waals surface area contributed by atoms with Gasteiger partial charge in [0.2, 0.25) is 0 Å². The first-order chi connectivity index (χ1) is 16.0. The van der Waals surface area contributed by atoms with E-state index in [1.807, 2.05) is 0 Å². The van der Waals surface area contributed by atoms with E-state index in [1.165, 1.54) is 44.9 Å². The molecule has 0 aromatic heterocycles. The van der Waals surface area contributed by atoms with Crippen molar-refractivity contribution >= 4 is 0 Å². The van der Waals surface area contributed by atoms with Gasteiger partial charge in [0.1, 0.15) is 0 Å². The summed E-state index contributed by atoms with van der Waals surface area (Å²) in [4.78, 5) is 0. The average molecular weight is 471 g/mol. The Bertz CT molecular complexity index is 630. The number of rotatable bonds is 3. The number of hydrogen-bond donors (Lipinski definition) is 0. The van der Waals surface area contributed by atoms with Gasteiger partial charge in [-0.25, -0.2) is 0 Å². The van der Waals surface area contributed by atoms with E-state index in [2.05, 4.69) is 62.3 Å². The molecule has 0 N–H and O–H groups in total. The molecule has 34 heavy (non-hydrogen) atoms. The highest BCUT2D eigenvalue weighted by molar-refractivity contribution is 4.97. The average Bonchev–Trinajstić information content (AvgIpc) is 3.20. The van der Waals surface area contributed by atoms with Crippen molar-refractivity contribution < 1.29 is 0 Å². The largest absolute Gasteiger partial charge is 0.0625 e. The van der Waals surface area contributed by atoms with Crippen LogP contribution in [-0.4, -0.2) is 0 Å². The van der Waals surface area contributed by atoms with E-state index in [0.29, 0.717) is 5.41 Å². The lowest BCUT2D eigenvalue weighted by Gasteiger charge is -2.53. The predicted octanol–water partition coefficient (Wildman–Crippen LogP) is 10.5. The Hall–Kier alpha value is 0. The maximum Gasteiger partial charge on any atom is -0.0334 e. The Labute approximate surface area is 215 Å². The molecule has 4 rings (SSSR count). The predicted molar refractivity (Wildman–Crippen MR) is 150 cm³/mol. The molecule has 0 spiro atoms. The van der Waals surface area contributed by atoms with Gasteiger partial charge < -0.3 is 0 Å². The highest BCUT2D eigenvalue weighted by Crippen LogP contribution is 2.56. The summed E-state index contributed by atoms with van der Waals surface area (Å²) >= 11 is 0. The van der Waals surface area contributed by atoms with E-state index in [4.69, 9.17) is 0 Å². The molecule has 198 valence electrons. The molecule has 0 heteroatoms. The lowest BCUT2D eigenvalue weighted by atomic mass is 9.52. The first-order valence-electron chi connectivity index (χ1n) is 16.0. The third-order valence-corrected chi connectivity index (χ3v) is 13.0. The molecule has 4 fully saturated rings. The van der Waals surface area contributed by atoms with E-state index < -0.39 is 0 Å². The second kappa shape index (κ2) is 10.8. The minimum absolute atomic E-state index is 0.500. The fourth-order valence-corrected chi connectivity index (χ4v) is 10.9. The van der Waals surface area contributed by atoms with Gasteiger partial charge in [0.25, 0.3) is 0 Å². The molecule has 0 heterocycles. The zero-order valence-electron chi connectivity index (χ0n) is 24.8. The van der Waals surface area contributed by atoms with Crippen LogP contribution in [0.2, 0.25) is 0 Å². The van der Waals surface area contributed by atoms with Gasteiger partial charge in [-0.15, -0.1) is 0 Å². The Morgan fingerprint density at radius 3 is 1.88 bits per heavy atom. The van der Waals surface area contributed by atoms with Crippen molar-refractivity contribution in [2.24, 2.45) is 82.3 Å². The molecule has 0 nitrogen and oxygen atoms in total. The third kappa shape index (κ3) is 5.47. The van der Waals surface area contributed by atoms with Gasteiger partial charge in [0.15, 0.2) is 0 Å². The molecule has 0 radical (unpaired) electrons. The van der Waals surface area contributed by atoms with Crippen LogP contribution >= 0.6 is 0 Å². The van der Waals surface area contributed by atoms with Crippen LogP contribution in [0.15, 0.2) is 0 Å². The molecule has 0 aromatic carbocycles. The van der Waals surface area contributed by atoms with Crippen molar-refractivity contribution in [3.8, 4) is 0 Å². The molecule has 4 aliphatic rings. The summed E-state index contributed by atoms with van der Waals surface area (Å²) in [6.07, 6.45) is 16.7. The van der Waals surface area contributed by atoms with Gasteiger partial charge in [-0.05, 0) is 121 Å². The highest BCUT2D eigenvalue weighted by atomic mass is 14.5. The van der Waals surface area contributed by atoms with Crippen LogP contribution in [0, 0.1) is 82.3 Å². The van der Waals surface area contributed by atoms with Crippen LogP contribution in [0.5, 0.6) is 0 Å². The molecule has 11 atom stereocenters. The Kier molecular flexibility index (Phi) is 8.57. The fraction of sp³-hybridized carbons (Fsp3) is 1.00. The second-order valence-electron chi connectivity index (χ2n) is 15.7. The lowest BCUT2D eigenvalue weighted by Crippen LogP contribution is -2.47. The van der Waals surface area contributed by atoms with E-state index in [9.17, 15) is 0 Å². The first kappa shape index (κ1) is 27.0. The van der Waals surface area contributed by atoms with E-state index >= 15 is 0 Å². The van der Waals surface area contributed by atoms with Crippen molar-refractivity contribution in [2.75, 3.05) is 0 Å². The molecule has 0 aromatic rings. The summed E-state index contributed by atoms with van der Waals surface area (Å²) in [5, 5.41) is 0. The standard InChI is InChI=1S/C34H62/c1-21(2)33-24(5)23(4)32-20-34(8,9)17-16-30(22(3)14-15-31(32)26(33)7)25(6)29-18-27-12-10-11-13-28(27)19-29/h21-33H,10-20H2,1-9H3. The van der Waals surface area contributed by atoms with Gasteiger partial charge in [0.05, 0.1) is 0 Å². The zero-order chi connectivity index (χ0) is 24.8. The van der Waals surface area contributed by atoms with E-state index in [0.717, 1.165) is 76.9 Å². The molecular weight excluding hydrogens is 408 g/mol. The maximum absolute atomic E-state index is 2.70. The summed E-state index contributed by atoms with van der Waals surface area (Å²) < 4.78 is 0. The second-order valence-corrected chi connectivity index (χ2v) is 15.7. The minimum Gasteiger partial charge on any atom is -0.0625 e.